The highest BCUT2D eigenvalue weighted by molar-refractivity contribution is 6.30. The first kappa shape index (κ1) is 12.0. The zero-order chi connectivity index (χ0) is 13.4. The molecular weight excluding hydrogens is 234 g/mol. The van der Waals surface area contributed by atoms with Gasteiger partial charge in [0.2, 0.25) is 0 Å². The van der Waals surface area contributed by atoms with Gasteiger partial charge in [-0.15, -0.1) is 0 Å². The van der Waals surface area contributed by atoms with Crippen LogP contribution >= 0.6 is 0 Å². The molecule has 18 heavy (non-hydrogen) atoms. The van der Waals surface area contributed by atoms with E-state index in [9.17, 15) is 14.4 Å². The van der Waals surface area contributed by atoms with E-state index in [0.29, 0.717) is 16.8 Å². The SMILES string of the molecule is CC1=CC(=O)N(c2ccc(C(=O)O)c(C)c2)C1=O. The van der Waals surface area contributed by atoms with Gasteiger partial charge in [-0.25, -0.2) is 9.69 Å². The number of aromatic carboxylic acids is 1. The monoisotopic (exact) mass is 245 g/mol. The quantitative estimate of drug-likeness (QED) is 0.801. The lowest BCUT2D eigenvalue weighted by Crippen LogP contribution is -2.30. The Morgan fingerprint density at radius 2 is 1.89 bits per heavy atom. The maximum absolute atomic E-state index is 11.8. The van der Waals surface area contributed by atoms with E-state index in [-0.39, 0.29) is 11.5 Å². The molecule has 1 aliphatic rings. The maximum Gasteiger partial charge on any atom is 0.335 e. The van der Waals surface area contributed by atoms with Gasteiger partial charge >= 0.3 is 5.97 Å². The van der Waals surface area contributed by atoms with Crippen molar-refractivity contribution in [1.29, 1.82) is 0 Å². The molecule has 1 aromatic rings. The van der Waals surface area contributed by atoms with Crippen LogP contribution in [0.25, 0.3) is 0 Å². The van der Waals surface area contributed by atoms with Crippen LogP contribution in [-0.4, -0.2) is 22.9 Å². The number of carboxylic acid groups (broad SMARTS) is 1. The van der Waals surface area contributed by atoms with Crippen LogP contribution in [0.3, 0.4) is 0 Å². The normalized spacial score (nSPS) is 15.0. The molecule has 0 unspecified atom stereocenters. The molecule has 0 atom stereocenters. The number of carbonyl (C=O) groups is 3. The molecule has 1 N–H and O–H groups in total. The van der Waals surface area contributed by atoms with E-state index in [1.807, 2.05) is 0 Å². The minimum absolute atomic E-state index is 0.155. The number of benzene rings is 1. The fourth-order valence-electron chi connectivity index (χ4n) is 1.86. The van der Waals surface area contributed by atoms with Crippen molar-refractivity contribution in [2.75, 3.05) is 4.90 Å². The molecule has 92 valence electrons. The van der Waals surface area contributed by atoms with Gasteiger partial charge in [0.15, 0.2) is 0 Å². The molecule has 0 spiro atoms. The summed E-state index contributed by atoms with van der Waals surface area (Å²) in [5.74, 6) is -1.81. The molecule has 1 heterocycles. The van der Waals surface area contributed by atoms with Crippen molar-refractivity contribution in [3.63, 3.8) is 0 Å². The number of carboxylic acids is 1. The standard InChI is InChI=1S/C13H11NO4/c1-7-5-9(3-4-10(7)13(17)18)14-11(15)6-8(2)12(14)16/h3-6H,1-2H3,(H,17,18). The van der Waals surface area contributed by atoms with Gasteiger partial charge in [-0.2, -0.15) is 0 Å². The van der Waals surface area contributed by atoms with Crippen molar-refractivity contribution < 1.29 is 19.5 Å². The number of imide groups is 1. The molecule has 0 bridgehead atoms. The van der Waals surface area contributed by atoms with Gasteiger partial charge < -0.3 is 5.11 Å². The molecule has 0 aromatic heterocycles. The average molecular weight is 245 g/mol. The summed E-state index contributed by atoms with van der Waals surface area (Å²) in [5, 5.41) is 8.91. The second-order valence-electron chi connectivity index (χ2n) is 4.11. The van der Waals surface area contributed by atoms with E-state index >= 15 is 0 Å². The summed E-state index contributed by atoms with van der Waals surface area (Å²) in [5.41, 5.74) is 1.42. The van der Waals surface area contributed by atoms with Gasteiger partial charge in [0.1, 0.15) is 0 Å². The number of anilines is 1. The first-order chi connectivity index (χ1) is 8.41. The summed E-state index contributed by atoms with van der Waals surface area (Å²) in [4.78, 5) is 35.3. The zero-order valence-electron chi connectivity index (χ0n) is 9.93. The van der Waals surface area contributed by atoms with Gasteiger partial charge in [-0.05, 0) is 37.6 Å². The predicted octanol–water partition coefficient (Wildman–Crippen LogP) is 1.51. The zero-order valence-corrected chi connectivity index (χ0v) is 9.93. The van der Waals surface area contributed by atoms with Crippen LogP contribution in [-0.2, 0) is 9.59 Å². The first-order valence-corrected chi connectivity index (χ1v) is 5.32. The fraction of sp³-hybridized carbons (Fsp3) is 0.154. The van der Waals surface area contributed by atoms with Crippen molar-refractivity contribution >= 4 is 23.5 Å². The number of hydrogen-bond donors (Lipinski definition) is 1. The second kappa shape index (κ2) is 4.10. The molecule has 2 amide bonds. The van der Waals surface area contributed by atoms with Crippen molar-refractivity contribution in [3.05, 3.63) is 41.0 Å². The molecule has 0 fully saturated rings. The molecule has 1 aliphatic heterocycles. The molecule has 5 heteroatoms. The van der Waals surface area contributed by atoms with Crippen LogP contribution < -0.4 is 4.90 Å². The first-order valence-electron chi connectivity index (χ1n) is 5.32. The third-order valence-electron chi connectivity index (χ3n) is 2.80. The third-order valence-corrected chi connectivity index (χ3v) is 2.80. The van der Waals surface area contributed by atoms with Gasteiger partial charge in [0, 0.05) is 11.6 Å². The van der Waals surface area contributed by atoms with Crippen molar-refractivity contribution in [2.24, 2.45) is 0 Å². The van der Waals surface area contributed by atoms with Crippen LogP contribution in [0, 0.1) is 6.92 Å². The van der Waals surface area contributed by atoms with Crippen LogP contribution in [0.1, 0.15) is 22.8 Å². The molecular formula is C13H11NO4. The van der Waals surface area contributed by atoms with Crippen LogP contribution in [0.2, 0.25) is 0 Å². The Morgan fingerprint density at radius 3 is 2.33 bits per heavy atom. The summed E-state index contributed by atoms with van der Waals surface area (Å²) in [6.07, 6.45) is 1.27. The predicted molar refractivity (Wildman–Crippen MR) is 64.4 cm³/mol. The second-order valence-corrected chi connectivity index (χ2v) is 4.11. The molecule has 0 radical (unpaired) electrons. The number of hydrogen-bond acceptors (Lipinski definition) is 3. The van der Waals surface area contributed by atoms with E-state index in [2.05, 4.69) is 0 Å². The Labute approximate surface area is 103 Å². The van der Waals surface area contributed by atoms with Gasteiger partial charge in [-0.1, -0.05) is 0 Å². The maximum atomic E-state index is 11.8. The smallest absolute Gasteiger partial charge is 0.335 e. The van der Waals surface area contributed by atoms with E-state index < -0.39 is 11.9 Å². The van der Waals surface area contributed by atoms with E-state index in [0.717, 1.165) is 4.90 Å². The largest absolute Gasteiger partial charge is 0.478 e. The van der Waals surface area contributed by atoms with Crippen molar-refractivity contribution in [3.8, 4) is 0 Å². The summed E-state index contributed by atoms with van der Waals surface area (Å²) in [7, 11) is 0. The molecule has 5 nitrogen and oxygen atoms in total. The minimum Gasteiger partial charge on any atom is -0.478 e. The Kier molecular flexibility index (Phi) is 2.74. The highest BCUT2D eigenvalue weighted by Gasteiger charge is 2.30. The lowest BCUT2D eigenvalue weighted by Gasteiger charge is -2.15. The molecule has 0 saturated heterocycles. The topological polar surface area (TPSA) is 74.7 Å². The summed E-state index contributed by atoms with van der Waals surface area (Å²) < 4.78 is 0. The van der Waals surface area contributed by atoms with Crippen molar-refractivity contribution in [1.82, 2.24) is 0 Å². The highest BCUT2D eigenvalue weighted by Crippen LogP contribution is 2.24. The summed E-state index contributed by atoms with van der Waals surface area (Å²) in [6, 6.07) is 4.37. The number of nitrogens with zero attached hydrogens (tertiary/aromatic N) is 1. The highest BCUT2D eigenvalue weighted by atomic mass is 16.4. The Bertz CT molecular complexity index is 601. The minimum atomic E-state index is -1.03. The number of aryl methyl sites for hydroxylation is 1. The van der Waals surface area contributed by atoms with Crippen LogP contribution in [0.5, 0.6) is 0 Å². The number of amides is 2. The van der Waals surface area contributed by atoms with E-state index in [4.69, 9.17) is 5.11 Å². The van der Waals surface area contributed by atoms with Gasteiger partial charge in [-0.3, -0.25) is 9.59 Å². The summed E-state index contributed by atoms with van der Waals surface area (Å²) >= 11 is 0. The Morgan fingerprint density at radius 1 is 1.22 bits per heavy atom. The number of carbonyl (C=O) groups excluding carboxylic acids is 2. The van der Waals surface area contributed by atoms with Gasteiger partial charge in [0.05, 0.1) is 11.3 Å². The molecule has 0 aliphatic carbocycles. The average Bonchev–Trinajstić information content (AvgIpc) is 2.52. The number of rotatable bonds is 2. The third kappa shape index (κ3) is 1.79. The lowest BCUT2D eigenvalue weighted by atomic mass is 10.1. The van der Waals surface area contributed by atoms with Gasteiger partial charge in [0.25, 0.3) is 11.8 Å². The Hall–Kier alpha value is -2.43. The lowest BCUT2D eigenvalue weighted by molar-refractivity contribution is -0.120. The summed E-state index contributed by atoms with van der Waals surface area (Å²) in [6.45, 7) is 3.19. The molecule has 2 rings (SSSR count). The van der Waals surface area contributed by atoms with E-state index in [1.165, 1.54) is 24.3 Å². The fourth-order valence-corrected chi connectivity index (χ4v) is 1.86. The van der Waals surface area contributed by atoms with Crippen LogP contribution in [0.15, 0.2) is 29.8 Å². The van der Waals surface area contributed by atoms with Crippen LogP contribution in [0.4, 0.5) is 5.69 Å². The molecule has 1 aromatic carbocycles. The Balaban J connectivity index is 2.43. The van der Waals surface area contributed by atoms with E-state index in [1.54, 1.807) is 13.8 Å². The molecule has 0 saturated carbocycles. The van der Waals surface area contributed by atoms with Crippen molar-refractivity contribution in [2.45, 2.75) is 13.8 Å².